The third-order valence-corrected chi connectivity index (χ3v) is 4.87. The molecule has 4 nitrogen and oxygen atoms in total. The minimum Gasteiger partial charge on any atom is -0.488 e. The first kappa shape index (κ1) is 22.4. The number of rotatable bonds is 6. The predicted molar refractivity (Wildman–Crippen MR) is 125 cm³/mol. The smallest absolute Gasteiger partial charge is 0.266 e. The molecule has 0 aromatic heterocycles. The second kappa shape index (κ2) is 10.2. The standard InChI is InChI=1S/C25H20Cl2N2O2/c1-16-8-17(2)10-18(9-16)15-31-24-7-6-22(27)12-19(24)11-20(14-28)25(30)29-23-5-3-4-21(26)13-23/h3-13H,15H2,1-2H3,(H,29,30)/b20-11+. The van der Waals surface area contributed by atoms with Gasteiger partial charge >= 0.3 is 0 Å². The molecule has 0 aliphatic rings. The van der Waals surface area contributed by atoms with E-state index in [-0.39, 0.29) is 5.57 Å². The van der Waals surface area contributed by atoms with Gasteiger partial charge in [-0.3, -0.25) is 4.79 Å². The Labute approximate surface area is 191 Å². The second-order valence-electron chi connectivity index (χ2n) is 7.10. The molecule has 156 valence electrons. The van der Waals surface area contributed by atoms with Gasteiger partial charge in [-0.1, -0.05) is 58.6 Å². The Hall–Kier alpha value is -3.26. The number of ether oxygens (including phenoxy) is 1. The molecule has 0 heterocycles. The van der Waals surface area contributed by atoms with E-state index in [9.17, 15) is 10.1 Å². The van der Waals surface area contributed by atoms with Gasteiger partial charge in [0.1, 0.15) is 24.0 Å². The Balaban J connectivity index is 1.84. The number of carbonyl (C=O) groups is 1. The molecule has 0 unspecified atom stereocenters. The van der Waals surface area contributed by atoms with Gasteiger partial charge in [0, 0.05) is 21.3 Å². The Kier molecular flexibility index (Phi) is 7.36. The number of aryl methyl sites for hydroxylation is 2. The third kappa shape index (κ3) is 6.36. The van der Waals surface area contributed by atoms with Crippen molar-refractivity contribution in [2.45, 2.75) is 20.5 Å². The van der Waals surface area contributed by atoms with Crippen LogP contribution in [0.2, 0.25) is 10.0 Å². The molecule has 0 saturated carbocycles. The van der Waals surface area contributed by atoms with Gasteiger partial charge in [-0.25, -0.2) is 0 Å². The maximum atomic E-state index is 12.6. The second-order valence-corrected chi connectivity index (χ2v) is 7.97. The lowest BCUT2D eigenvalue weighted by Crippen LogP contribution is -2.13. The summed E-state index contributed by atoms with van der Waals surface area (Å²) in [7, 11) is 0. The van der Waals surface area contributed by atoms with Crippen LogP contribution < -0.4 is 10.1 Å². The summed E-state index contributed by atoms with van der Waals surface area (Å²) in [6.07, 6.45) is 1.46. The van der Waals surface area contributed by atoms with E-state index >= 15 is 0 Å². The van der Waals surface area contributed by atoms with E-state index in [4.69, 9.17) is 27.9 Å². The van der Waals surface area contributed by atoms with E-state index in [1.54, 1.807) is 42.5 Å². The van der Waals surface area contributed by atoms with Crippen molar-refractivity contribution < 1.29 is 9.53 Å². The summed E-state index contributed by atoms with van der Waals surface area (Å²) >= 11 is 12.1. The fraction of sp³-hybridized carbons (Fsp3) is 0.120. The zero-order chi connectivity index (χ0) is 22.4. The Morgan fingerprint density at radius 2 is 1.74 bits per heavy atom. The Morgan fingerprint density at radius 3 is 2.42 bits per heavy atom. The van der Waals surface area contributed by atoms with Crippen LogP contribution in [-0.2, 0) is 11.4 Å². The number of amides is 1. The molecule has 3 aromatic rings. The largest absolute Gasteiger partial charge is 0.488 e. The zero-order valence-corrected chi connectivity index (χ0v) is 18.6. The van der Waals surface area contributed by atoms with Crippen molar-refractivity contribution in [1.29, 1.82) is 5.26 Å². The van der Waals surface area contributed by atoms with Crippen molar-refractivity contribution in [2.24, 2.45) is 0 Å². The van der Waals surface area contributed by atoms with Gasteiger partial charge in [0.2, 0.25) is 0 Å². The van der Waals surface area contributed by atoms with Crippen LogP contribution in [-0.4, -0.2) is 5.91 Å². The molecule has 1 N–H and O–H groups in total. The molecule has 3 rings (SSSR count). The van der Waals surface area contributed by atoms with Gasteiger partial charge in [-0.2, -0.15) is 5.26 Å². The summed E-state index contributed by atoms with van der Waals surface area (Å²) in [5.74, 6) is -0.0307. The number of halogens is 2. The maximum absolute atomic E-state index is 12.6. The molecule has 0 saturated heterocycles. The zero-order valence-electron chi connectivity index (χ0n) is 17.1. The van der Waals surface area contributed by atoms with Crippen molar-refractivity contribution in [1.82, 2.24) is 0 Å². The molecule has 0 fully saturated rings. The molecule has 0 radical (unpaired) electrons. The minimum absolute atomic E-state index is 0.0847. The van der Waals surface area contributed by atoms with Crippen molar-refractivity contribution in [3.05, 3.63) is 98.5 Å². The molecule has 31 heavy (non-hydrogen) atoms. The van der Waals surface area contributed by atoms with Crippen LogP contribution in [0.15, 0.2) is 66.2 Å². The number of nitrogens with zero attached hydrogens (tertiary/aromatic N) is 1. The van der Waals surface area contributed by atoms with E-state index < -0.39 is 5.91 Å². The molecule has 3 aromatic carbocycles. The van der Waals surface area contributed by atoms with Crippen LogP contribution in [0, 0.1) is 25.2 Å². The number of hydrogen-bond donors (Lipinski definition) is 1. The minimum atomic E-state index is -0.551. The molecule has 0 aliphatic heterocycles. The summed E-state index contributed by atoms with van der Waals surface area (Å²) in [6.45, 7) is 4.41. The molecule has 6 heteroatoms. The van der Waals surface area contributed by atoms with Gasteiger partial charge in [0.05, 0.1) is 0 Å². The van der Waals surface area contributed by atoms with E-state index in [1.165, 1.54) is 6.08 Å². The number of nitriles is 1. The lowest BCUT2D eigenvalue weighted by Gasteiger charge is -2.12. The first-order valence-electron chi connectivity index (χ1n) is 9.52. The monoisotopic (exact) mass is 450 g/mol. The van der Waals surface area contributed by atoms with Gasteiger partial charge in [-0.15, -0.1) is 0 Å². The molecule has 0 bridgehead atoms. The quantitative estimate of drug-likeness (QED) is 0.334. The van der Waals surface area contributed by atoms with Crippen LogP contribution in [0.1, 0.15) is 22.3 Å². The summed E-state index contributed by atoms with van der Waals surface area (Å²) in [5.41, 5.74) is 4.28. The number of benzene rings is 3. The van der Waals surface area contributed by atoms with Crippen LogP contribution in [0.25, 0.3) is 6.08 Å². The van der Waals surface area contributed by atoms with Crippen molar-refractivity contribution in [3.63, 3.8) is 0 Å². The summed E-state index contributed by atoms with van der Waals surface area (Å²) in [6, 6.07) is 19.9. The maximum Gasteiger partial charge on any atom is 0.266 e. The molecule has 0 aliphatic carbocycles. The van der Waals surface area contributed by atoms with Crippen molar-refractivity contribution in [2.75, 3.05) is 5.32 Å². The van der Waals surface area contributed by atoms with Crippen LogP contribution in [0.5, 0.6) is 5.75 Å². The topological polar surface area (TPSA) is 62.1 Å². The van der Waals surface area contributed by atoms with Gasteiger partial charge in [-0.05, 0) is 61.9 Å². The van der Waals surface area contributed by atoms with E-state index in [0.29, 0.717) is 33.7 Å². The van der Waals surface area contributed by atoms with Gasteiger partial charge in [0.25, 0.3) is 5.91 Å². The number of anilines is 1. The highest BCUT2D eigenvalue weighted by Crippen LogP contribution is 2.27. The number of nitrogens with one attached hydrogen (secondary N) is 1. The normalized spacial score (nSPS) is 11.0. The first-order valence-corrected chi connectivity index (χ1v) is 10.3. The van der Waals surface area contributed by atoms with E-state index in [1.807, 2.05) is 19.9 Å². The Bertz CT molecular complexity index is 1180. The highest BCUT2D eigenvalue weighted by Gasteiger charge is 2.12. The molecular weight excluding hydrogens is 431 g/mol. The van der Waals surface area contributed by atoms with Crippen LogP contribution in [0.4, 0.5) is 5.69 Å². The summed E-state index contributed by atoms with van der Waals surface area (Å²) in [4.78, 5) is 12.6. The van der Waals surface area contributed by atoms with E-state index in [2.05, 4.69) is 23.5 Å². The van der Waals surface area contributed by atoms with Crippen LogP contribution >= 0.6 is 23.2 Å². The first-order chi connectivity index (χ1) is 14.8. The average molecular weight is 451 g/mol. The van der Waals surface area contributed by atoms with Crippen molar-refractivity contribution in [3.8, 4) is 11.8 Å². The lowest BCUT2D eigenvalue weighted by molar-refractivity contribution is -0.112. The predicted octanol–water partition coefficient (Wildman–Crippen LogP) is 6.73. The third-order valence-electron chi connectivity index (χ3n) is 4.40. The number of carbonyl (C=O) groups excluding carboxylic acids is 1. The molecular formula is C25H20Cl2N2O2. The Morgan fingerprint density at radius 1 is 1.03 bits per heavy atom. The highest BCUT2D eigenvalue weighted by atomic mass is 35.5. The van der Waals surface area contributed by atoms with Gasteiger partial charge in [0.15, 0.2) is 0 Å². The lowest BCUT2D eigenvalue weighted by atomic mass is 10.1. The number of hydrogen-bond acceptors (Lipinski definition) is 3. The van der Waals surface area contributed by atoms with Crippen molar-refractivity contribution >= 4 is 40.9 Å². The highest BCUT2D eigenvalue weighted by molar-refractivity contribution is 6.31. The summed E-state index contributed by atoms with van der Waals surface area (Å²) < 4.78 is 5.99. The molecule has 0 spiro atoms. The fourth-order valence-corrected chi connectivity index (χ4v) is 3.52. The average Bonchev–Trinajstić information content (AvgIpc) is 2.70. The van der Waals surface area contributed by atoms with Gasteiger partial charge < -0.3 is 10.1 Å². The van der Waals surface area contributed by atoms with Crippen LogP contribution in [0.3, 0.4) is 0 Å². The summed E-state index contributed by atoms with van der Waals surface area (Å²) in [5, 5.41) is 13.2. The molecule has 0 atom stereocenters. The fourth-order valence-electron chi connectivity index (χ4n) is 3.15. The SMILES string of the molecule is Cc1cc(C)cc(COc2ccc(Cl)cc2/C=C(\C#N)C(=O)Nc2cccc(Cl)c2)c1. The molecule has 1 amide bonds. The van der Waals surface area contributed by atoms with E-state index in [0.717, 1.165) is 16.7 Å².